The maximum absolute atomic E-state index is 10.1. The van der Waals surface area contributed by atoms with E-state index in [-0.39, 0.29) is 0 Å². The van der Waals surface area contributed by atoms with E-state index in [4.69, 9.17) is 11.6 Å². The van der Waals surface area contributed by atoms with Crippen LogP contribution < -0.4 is 0 Å². The highest BCUT2D eigenvalue weighted by atomic mass is 35.5. The Morgan fingerprint density at radius 3 is 2.22 bits per heavy atom. The molecule has 1 unspecified atom stereocenters. The summed E-state index contributed by atoms with van der Waals surface area (Å²) in [6.45, 7) is 1.17. The molecule has 1 atom stereocenters. The molecule has 0 saturated heterocycles. The lowest BCUT2D eigenvalue weighted by molar-refractivity contribution is -0.145. The van der Waals surface area contributed by atoms with Gasteiger partial charge in [-0.2, -0.15) is 0 Å². The second kappa shape index (κ2) is 3.74. The lowest BCUT2D eigenvalue weighted by Crippen LogP contribution is -2.15. The Balaban J connectivity index is 3.63. The second-order valence-electron chi connectivity index (χ2n) is 1.27. The van der Waals surface area contributed by atoms with Crippen molar-refractivity contribution in [2.75, 3.05) is 0 Å². The third-order valence-corrected chi connectivity index (χ3v) is 1.16. The van der Waals surface area contributed by atoms with Gasteiger partial charge in [-0.1, -0.05) is 0 Å². The Bertz CT molecular complexity index is 136. The first kappa shape index (κ1) is 8.78. The highest BCUT2D eigenvalue weighted by molar-refractivity contribution is 7.81. The molecule has 0 spiro atoms. The Kier molecular flexibility index (Phi) is 3.65. The van der Waals surface area contributed by atoms with Gasteiger partial charge in [0.1, 0.15) is 0 Å². The van der Waals surface area contributed by atoms with Gasteiger partial charge in [-0.3, -0.25) is 9.59 Å². The molecule has 0 radical (unpaired) electrons. The minimum Gasteiger partial charge on any atom is -0.442 e. The van der Waals surface area contributed by atoms with Crippen molar-refractivity contribution < 1.29 is 14.3 Å². The van der Waals surface area contributed by atoms with Crippen molar-refractivity contribution in [1.82, 2.24) is 0 Å². The van der Waals surface area contributed by atoms with E-state index in [1.54, 1.807) is 0 Å². The number of carbonyl (C=O) groups is 2. The number of hydrogen-bond donors (Lipinski definition) is 1. The lowest BCUT2D eigenvalue weighted by atomic mass is 10.7. The number of hydrogen-bond acceptors (Lipinski definition) is 4. The average Bonchev–Trinajstić information content (AvgIpc) is 1.63. The predicted octanol–water partition coefficient (Wildman–Crippen LogP) is 0.571. The molecule has 5 heteroatoms. The molecule has 0 N–H and O–H groups in total. The largest absolute Gasteiger partial charge is 0.442 e. The molecular formula is C4H5ClO3S. The van der Waals surface area contributed by atoms with E-state index in [2.05, 4.69) is 17.4 Å². The molecule has 0 fully saturated rings. The van der Waals surface area contributed by atoms with Crippen LogP contribution in [0.25, 0.3) is 0 Å². The molecule has 0 saturated carbocycles. The van der Waals surface area contributed by atoms with Gasteiger partial charge in [-0.05, 0) is 11.6 Å². The van der Waals surface area contributed by atoms with Crippen LogP contribution in [0.2, 0.25) is 0 Å². The monoisotopic (exact) mass is 168 g/mol. The van der Waals surface area contributed by atoms with Crippen LogP contribution in [0.5, 0.6) is 0 Å². The summed E-state index contributed by atoms with van der Waals surface area (Å²) in [5, 5.41) is -0.798. The molecule has 0 aromatic carbocycles. The topological polar surface area (TPSA) is 43.4 Å². The zero-order chi connectivity index (χ0) is 7.44. The van der Waals surface area contributed by atoms with E-state index < -0.39 is 16.6 Å². The van der Waals surface area contributed by atoms with Crippen LogP contribution in [0.3, 0.4) is 0 Å². The molecule has 0 aliphatic carbocycles. The van der Waals surface area contributed by atoms with Gasteiger partial charge < -0.3 is 4.74 Å². The van der Waals surface area contributed by atoms with Crippen molar-refractivity contribution >= 4 is 35.4 Å². The van der Waals surface area contributed by atoms with Gasteiger partial charge in [0.05, 0.1) is 0 Å². The van der Waals surface area contributed by atoms with E-state index in [0.717, 1.165) is 0 Å². The zero-order valence-electron chi connectivity index (χ0n) is 4.63. The molecule has 0 aromatic rings. The number of rotatable bonds is 2. The number of thiol groups is 1. The Hall–Kier alpha value is -0.220. The summed E-state index contributed by atoms with van der Waals surface area (Å²) < 4.78 is 4.26. The minimum atomic E-state index is -1.14. The van der Waals surface area contributed by atoms with Crippen LogP contribution in [0.4, 0.5) is 0 Å². The van der Waals surface area contributed by atoms with Gasteiger partial charge in [0, 0.05) is 6.92 Å². The maximum Gasteiger partial charge on any atom is 0.304 e. The lowest BCUT2D eigenvalue weighted by Gasteiger charge is -2.03. The fourth-order valence-corrected chi connectivity index (χ4v) is 0.397. The molecule has 0 rings (SSSR count). The average molecular weight is 169 g/mol. The number of halogens is 1. The molecular weight excluding hydrogens is 164 g/mol. The molecule has 52 valence electrons. The standard InChI is InChI=1S/C4H5ClO3S/c1-2(6)8-4(9)3(5)7/h4,9H,1H3. The van der Waals surface area contributed by atoms with Gasteiger partial charge in [0.15, 0.2) is 0 Å². The maximum atomic E-state index is 10.1. The highest BCUT2D eigenvalue weighted by Crippen LogP contribution is 2.01. The Labute approximate surface area is 62.7 Å². The van der Waals surface area contributed by atoms with Gasteiger partial charge in [-0.15, -0.1) is 12.6 Å². The summed E-state index contributed by atoms with van der Waals surface area (Å²) in [5.74, 6) is -0.580. The Morgan fingerprint density at radius 1 is 1.67 bits per heavy atom. The summed E-state index contributed by atoms with van der Waals surface area (Å²) in [5.41, 5.74) is -1.14. The quantitative estimate of drug-likeness (QED) is 0.284. The van der Waals surface area contributed by atoms with Crippen molar-refractivity contribution in [2.45, 2.75) is 12.4 Å². The zero-order valence-corrected chi connectivity index (χ0v) is 6.28. The molecule has 0 heterocycles. The van der Waals surface area contributed by atoms with E-state index in [1.165, 1.54) is 6.92 Å². The van der Waals surface area contributed by atoms with Crippen LogP contribution in [0, 0.1) is 0 Å². The number of ether oxygens (including phenoxy) is 1. The first-order valence-electron chi connectivity index (χ1n) is 2.08. The molecule has 3 nitrogen and oxygen atoms in total. The third kappa shape index (κ3) is 4.29. The highest BCUT2D eigenvalue weighted by Gasteiger charge is 2.12. The number of esters is 1. The fourth-order valence-electron chi connectivity index (χ4n) is 0.204. The Morgan fingerprint density at radius 2 is 2.11 bits per heavy atom. The summed E-state index contributed by atoms with van der Waals surface area (Å²) in [6, 6.07) is 0. The first-order chi connectivity index (χ1) is 4.04. The van der Waals surface area contributed by atoms with Crippen LogP contribution >= 0.6 is 24.2 Å². The van der Waals surface area contributed by atoms with Crippen molar-refractivity contribution in [1.29, 1.82) is 0 Å². The van der Waals surface area contributed by atoms with Gasteiger partial charge in [0.25, 0.3) is 5.24 Å². The van der Waals surface area contributed by atoms with Crippen LogP contribution in [-0.4, -0.2) is 16.6 Å². The number of carbonyl (C=O) groups excluding carboxylic acids is 2. The SMILES string of the molecule is CC(=O)OC(S)C(=O)Cl. The fraction of sp³-hybridized carbons (Fsp3) is 0.500. The van der Waals surface area contributed by atoms with Gasteiger partial charge in [-0.25, -0.2) is 0 Å². The summed E-state index contributed by atoms with van der Waals surface area (Å²) in [4.78, 5) is 20.2. The predicted molar refractivity (Wildman–Crippen MR) is 35.4 cm³/mol. The normalized spacial score (nSPS) is 12.3. The second-order valence-corrected chi connectivity index (χ2v) is 2.11. The molecule has 0 aliphatic rings. The van der Waals surface area contributed by atoms with Gasteiger partial charge in [0.2, 0.25) is 5.44 Å². The van der Waals surface area contributed by atoms with Crippen LogP contribution in [0.1, 0.15) is 6.92 Å². The molecule has 0 bridgehead atoms. The molecule has 9 heavy (non-hydrogen) atoms. The van der Waals surface area contributed by atoms with E-state index in [1.807, 2.05) is 0 Å². The smallest absolute Gasteiger partial charge is 0.304 e. The van der Waals surface area contributed by atoms with Crippen LogP contribution in [-0.2, 0) is 14.3 Å². The molecule has 0 aromatic heterocycles. The van der Waals surface area contributed by atoms with E-state index in [9.17, 15) is 9.59 Å². The van der Waals surface area contributed by atoms with Crippen molar-refractivity contribution in [2.24, 2.45) is 0 Å². The van der Waals surface area contributed by atoms with Gasteiger partial charge >= 0.3 is 5.97 Å². The van der Waals surface area contributed by atoms with Crippen molar-refractivity contribution in [3.8, 4) is 0 Å². The minimum absolute atomic E-state index is 0.580. The molecule has 0 amide bonds. The molecule has 0 aliphatic heterocycles. The summed E-state index contributed by atoms with van der Waals surface area (Å²) in [6.07, 6.45) is 0. The van der Waals surface area contributed by atoms with E-state index >= 15 is 0 Å². The van der Waals surface area contributed by atoms with E-state index in [0.29, 0.717) is 0 Å². The first-order valence-corrected chi connectivity index (χ1v) is 2.98. The van der Waals surface area contributed by atoms with Crippen molar-refractivity contribution in [3.63, 3.8) is 0 Å². The summed E-state index contributed by atoms with van der Waals surface area (Å²) >= 11 is 8.42. The summed E-state index contributed by atoms with van der Waals surface area (Å²) in [7, 11) is 0. The third-order valence-electron chi connectivity index (χ3n) is 0.472. The van der Waals surface area contributed by atoms with Crippen LogP contribution in [0.15, 0.2) is 0 Å². The van der Waals surface area contributed by atoms with Crippen molar-refractivity contribution in [3.05, 3.63) is 0 Å².